The number of amides is 1. The van der Waals surface area contributed by atoms with Gasteiger partial charge < -0.3 is 19.2 Å². The van der Waals surface area contributed by atoms with E-state index >= 15 is 0 Å². The molecule has 29 heavy (non-hydrogen) atoms. The summed E-state index contributed by atoms with van der Waals surface area (Å²) in [6.45, 7) is 5.76. The summed E-state index contributed by atoms with van der Waals surface area (Å²) in [5.74, 6) is 1.97. The van der Waals surface area contributed by atoms with Gasteiger partial charge in [-0.1, -0.05) is 11.8 Å². The van der Waals surface area contributed by atoms with E-state index in [1.807, 2.05) is 13.8 Å². The zero-order valence-corrected chi connectivity index (χ0v) is 17.7. The third-order valence-corrected chi connectivity index (χ3v) is 5.03. The van der Waals surface area contributed by atoms with Crippen LogP contribution >= 0.6 is 11.8 Å². The van der Waals surface area contributed by atoms with Crippen LogP contribution in [0.15, 0.2) is 40.1 Å². The molecule has 154 valence electrons. The van der Waals surface area contributed by atoms with Crippen molar-refractivity contribution in [3.8, 4) is 23.0 Å². The number of carbonyl (C=O) groups is 1. The molecule has 1 aromatic carbocycles. The van der Waals surface area contributed by atoms with Crippen molar-refractivity contribution in [1.82, 2.24) is 20.0 Å². The topological polar surface area (TPSA) is 104 Å². The van der Waals surface area contributed by atoms with E-state index in [1.165, 1.54) is 11.8 Å². The van der Waals surface area contributed by atoms with Gasteiger partial charge >= 0.3 is 0 Å². The van der Waals surface area contributed by atoms with E-state index < -0.39 is 5.25 Å². The quantitative estimate of drug-likeness (QED) is 0.554. The molecule has 2 heterocycles. The number of benzene rings is 1. The van der Waals surface area contributed by atoms with Crippen LogP contribution in [0.3, 0.4) is 0 Å². The lowest BCUT2D eigenvalue weighted by atomic mass is 10.2. The average molecular weight is 417 g/mol. The van der Waals surface area contributed by atoms with Crippen LogP contribution in [-0.4, -0.2) is 45.4 Å². The fraction of sp³-hybridized carbons (Fsp3) is 0.368. The molecular formula is C19H23N5O4S. The summed E-state index contributed by atoms with van der Waals surface area (Å²) in [7, 11) is 3.13. The number of aromatic nitrogens is 4. The van der Waals surface area contributed by atoms with Gasteiger partial charge in [-0.3, -0.25) is 4.79 Å². The molecule has 0 spiro atoms. The highest BCUT2D eigenvalue weighted by Gasteiger charge is 2.21. The fourth-order valence-corrected chi connectivity index (χ4v) is 3.28. The van der Waals surface area contributed by atoms with E-state index in [0.717, 1.165) is 0 Å². The molecule has 0 aliphatic carbocycles. The first-order valence-corrected chi connectivity index (χ1v) is 9.87. The number of nitrogens with one attached hydrogen (secondary N) is 1. The Bertz CT molecular complexity index is 985. The summed E-state index contributed by atoms with van der Waals surface area (Å²) in [5, 5.41) is 15.0. The standard InChI is InChI=1S/C19H23N5O4S/c1-11(2)24-16(8-9-20-24)21-17(25)12(3)29-19-23-22-18(28-19)13-6-7-14(26-4)15(10-13)27-5/h6-12H,1-5H3,(H,21,25)/t12-/m1/s1. The van der Waals surface area contributed by atoms with Crippen molar-refractivity contribution < 1.29 is 18.7 Å². The first-order valence-electron chi connectivity index (χ1n) is 8.99. The van der Waals surface area contributed by atoms with Crippen molar-refractivity contribution in [2.24, 2.45) is 0 Å². The monoisotopic (exact) mass is 417 g/mol. The number of anilines is 1. The van der Waals surface area contributed by atoms with E-state index in [2.05, 4.69) is 20.6 Å². The highest BCUT2D eigenvalue weighted by atomic mass is 32.2. The molecule has 0 bridgehead atoms. The molecule has 3 rings (SSSR count). The third kappa shape index (κ3) is 4.70. The van der Waals surface area contributed by atoms with Crippen LogP contribution in [0.25, 0.3) is 11.5 Å². The Kier molecular flexibility index (Phi) is 6.42. The van der Waals surface area contributed by atoms with Crippen molar-refractivity contribution in [3.63, 3.8) is 0 Å². The van der Waals surface area contributed by atoms with Crippen LogP contribution in [0.4, 0.5) is 5.82 Å². The summed E-state index contributed by atoms with van der Waals surface area (Å²) < 4.78 is 18.0. The van der Waals surface area contributed by atoms with Gasteiger partial charge in [-0.2, -0.15) is 5.10 Å². The second-order valence-corrected chi connectivity index (χ2v) is 7.74. The van der Waals surface area contributed by atoms with E-state index in [-0.39, 0.29) is 11.9 Å². The number of carbonyl (C=O) groups excluding carboxylic acids is 1. The Morgan fingerprint density at radius 2 is 1.90 bits per heavy atom. The van der Waals surface area contributed by atoms with Crippen molar-refractivity contribution in [2.45, 2.75) is 37.3 Å². The predicted octanol–water partition coefficient (Wildman–Crippen LogP) is 3.65. The van der Waals surface area contributed by atoms with E-state index in [4.69, 9.17) is 13.9 Å². The molecule has 3 aromatic rings. The number of methoxy groups -OCH3 is 2. The second-order valence-electron chi connectivity index (χ2n) is 6.45. The Morgan fingerprint density at radius 1 is 1.14 bits per heavy atom. The molecule has 0 saturated heterocycles. The first-order chi connectivity index (χ1) is 13.9. The zero-order chi connectivity index (χ0) is 21.0. The normalized spacial score (nSPS) is 12.1. The summed E-state index contributed by atoms with van der Waals surface area (Å²) in [5.41, 5.74) is 0.694. The summed E-state index contributed by atoms with van der Waals surface area (Å²) >= 11 is 1.18. The third-order valence-electron chi connectivity index (χ3n) is 4.09. The molecule has 1 amide bonds. The van der Waals surface area contributed by atoms with Crippen molar-refractivity contribution in [2.75, 3.05) is 19.5 Å². The van der Waals surface area contributed by atoms with Gasteiger partial charge in [0.05, 0.1) is 25.7 Å². The van der Waals surface area contributed by atoms with Crippen molar-refractivity contribution >= 4 is 23.5 Å². The minimum Gasteiger partial charge on any atom is -0.493 e. The SMILES string of the molecule is COc1ccc(-c2nnc(S[C@H](C)C(=O)Nc3ccnn3C(C)C)o2)cc1OC. The molecule has 0 radical (unpaired) electrons. The number of hydrogen-bond donors (Lipinski definition) is 1. The van der Waals surface area contributed by atoms with E-state index in [1.54, 1.807) is 56.3 Å². The molecule has 2 aromatic heterocycles. The molecule has 0 saturated carbocycles. The minimum absolute atomic E-state index is 0.142. The average Bonchev–Trinajstić information content (AvgIpc) is 3.37. The molecule has 0 fully saturated rings. The molecule has 9 nitrogen and oxygen atoms in total. The van der Waals surface area contributed by atoms with Crippen LogP contribution < -0.4 is 14.8 Å². The Morgan fingerprint density at radius 3 is 2.59 bits per heavy atom. The zero-order valence-electron chi connectivity index (χ0n) is 16.9. The van der Waals surface area contributed by atoms with Crippen LogP contribution in [0, 0.1) is 0 Å². The lowest BCUT2D eigenvalue weighted by Gasteiger charge is -2.13. The summed E-state index contributed by atoms with van der Waals surface area (Å²) in [4.78, 5) is 12.5. The smallest absolute Gasteiger partial charge is 0.277 e. The van der Waals surface area contributed by atoms with Crippen LogP contribution in [0.1, 0.15) is 26.8 Å². The van der Waals surface area contributed by atoms with Gasteiger partial charge in [-0.25, -0.2) is 4.68 Å². The Labute approximate surface area is 172 Å². The molecule has 0 aliphatic heterocycles. The van der Waals surface area contributed by atoms with Gasteiger partial charge in [-0.15, -0.1) is 10.2 Å². The molecule has 0 aliphatic rings. The fourth-order valence-electron chi connectivity index (χ4n) is 2.60. The van der Waals surface area contributed by atoms with Crippen LogP contribution in [0.2, 0.25) is 0 Å². The van der Waals surface area contributed by atoms with Crippen molar-refractivity contribution in [1.29, 1.82) is 0 Å². The number of hydrogen-bond acceptors (Lipinski definition) is 8. The lowest BCUT2D eigenvalue weighted by Crippen LogP contribution is -2.24. The predicted molar refractivity (Wildman–Crippen MR) is 109 cm³/mol. The Balaban J connectivity index is 1.68. The van der Waals surface area contributed by atoms with Crippen LogP contribution in [0.5, 0.6) is 11.5 Å². The summed E-state index contributed by atoms with van der Waals surface area (Å²) in [6, 6.07) is 7.22. The number of nitrogens with zero attached hydrogens (tertiary/aromatic N) is 4. The summed E-state index contributed by atoms with van der Waals surface area (Å²) in [6.07, 6.45) is 1.65. The molecule has 1 atom stereocenters. The van der Waals surface area contributed by atoms with E-state index in [0.29, 0.717) is 34.0 Å². The number of thioether (sulfide) groups is 1. The number of ether oxygens (including phenoxy) is 2. The highest BCUT2D eigenvalue weighted by molar-refractivity contribution is 8.00. The molecule has 0 unspecified atom stereocenters. The molecule has 1 N–H and O–H groups in total. The van der Waals surface area contributed by atoms with Gasteiger partial charge in [0.15, 0.2) is 11.5 Å². The molecule has 10 heteroatoms. The highest BCUT2D eigenvalue weighted by Crippen LogP contribution is 2.33. The first kappa shape index (κ1) is 20.7. The number of rotatable bonds is 8. The maximum Gasteiger partial charge on any atom is 0.277 e. The van der Waals surface area contributed by atoms with Crippen molar-refractivity contribution in [3.05, 3.63) is 30.5 Å². The maximum atomic E-state index is 12.5. The van der Waals surface area contributed by atoms with Gasteiger partial charge in [0, 0.05) is 17.7 Å². The van der Waals surface area contributed by atoms with Gasteiger partial charge in [0.2, 0.25) is 11.8 Å². The van der Waals surface area contributed by atoms with Gasteiger partial charge in [0.25, 0.3) is 5.22 Å². The van der Waals surface area contributed by atoms with E-state index in [9.17, 15) is 4.79 Å². The largest absolute Gasteiger partial charge is 0.493 e. The van der Waals surface area contributed by atoms with Gasteiger partial charge in [-0.05, 0) is 39.0 Å². The van der Waals surface area contributed by atoms with Gasteiger partial charge in [0.1, 0.15) is 5.82 Å². The van der Waals surface area contributed by atoms with Crippen LogP contribution in [-0.2, 0) is 4.79 Å². The Hall–Kier alpha value is -3.01. The lowest BCUT2D eigenvalue weighted by molar-refractivity contribution is -0.115. The minimum atomic E-state index is -0.441. The second kappa shape index (κ2) is 8.99. The maximum absolute atomic E-state index is 12.5. The molecular weight excluding hydrogens is 394 g/mol.